The lowest BCUT2D eigenvalue weighted by Gasteiger charge is -2.22. The van der Waals surface area contributed by atoms with Crippen molar-refractivity contribution in [3.63, 3.8) is 0 Å². The number of rotatable bonds is 4. The lowest BCUT2D eigenvalue weighted by molar-refractivity contribution is -0.126. The molecule has 2 amide bonds. The van der Waals surface area contributed by atoms with E-state index in [0.29, 0.717) is 22.2 Å². The Labute approximate surface area is 145 Å². The van der Waals surface area contributed by atoms with E-state index in [-0.39, 0.29) is 29.7 Å². The van der Waals surface area contributed by atoms with Gasteiger partial charge in [-0.2, -0.15) is 0 Å². The summed E-state index contributed by atoms with van der Waals surface area (Å²) in [5, 5.41) is 6.79. The molecule has 2 saturated carbocycles. The first-order valence-corrected chi connectivity index (χ1v) is 8.86. The van der Waals surface area contributed by atoms with E-state index < -0.39 is 0 Å². The van der Waals surface area contributed by atoms with E-state index in [2.05, 4.69) is 10.6 Å². The molecule has 1 aromatic carbocycles. The summed E-state index contributed by atoms with van der Waals surface area (Å²) in [5.41, 5.74) is 0.488. The van der Waals surface area contributed by atoms with Gasteiger partial charge >= 0.3 is 0 Å². The van der Waals surface area contributed by atoms with Gasteiger partial charge < -0.3 is 10.6 Å². The van der Waals surface area contributed by atoms with Gasteiger partial charge in [0.1, 0.15) is 0 Å². The van der Waals surface area contributed by atoms with Gasteiger partial charge in [-0.15, -0.1) is 0 Å². The highest BCUT2D eigenvalue weighted by atomic mass is 35.5. The van der Waals surface area contributed by atoms with Crippen LogP contribution in [0.3, 0.4) is 0 Å². The molecular weight excluding hydrogens is 335 g/mol. The van der Waals surface area contributed by atoms with Gasteiger partial charge in [-0.3, -0.25) is 9.59 Å². The minimum Gasteiger partial charge on any atom is -0.353 e. The minimum atomic E-state index is -0.270. The van der Waals surface area contributed by atoms with E-state index in [1.165, 1.54) is 19.3 Å². The van der Waals surface area contributed by atoms with Gasteiger partial charge in [-0.25, -0.2) is 0 Å². The largest absolute Gasteiger partial charge is 0.353 e. The molecule has 2 unspecified atom stereocenters. The molecule has 2 aliphatic rings. The van der Waals surface area contributed by atoms with Crippen molar-refractivity contribution in [2.24, 2.45) is 11.8 Å². The van der Waals surface area contributed by atoms with Crippen LogP contribution in [0.15, 0.2) is 18.2 Å². The van der Waals surface area contributed by atoms with E-state index in [4.69, 9.17) is 23.2 Å². The maximum atomic E-state index is 12.3. The number of nitrogens with one attached hydrogen (secondary N) is 2. The van der Waals surface area contributed by atoms with Crippen LogP contribution < -0.4 is 10.6 Å². The number of carbonyl (C=O) groups is 2. The zero-order valence-electron chi connectivity index (χ0n) is 12.8. The molecule has 23 heavy (non-hydrogen) atoms. The summed E-state index contributed by atoms with van der Waals surface area (Å²) >= 11 is 11.9. The van der Waals surface area contributed by atoms with Crippen molar-refractivity contribution in [2.75, 3.05) is 5.32 Å². The fraction of sp³-hybridized carbons (Fsp3) is 0.529. The molecule has 3 rings (SSSR count). The van der Waals surface area contributed by atoms with Crippen molar-refractivity contribution in [2.45, 2.75) is 44.6 Å². The lowest BCUT2D eigenvalue weighted by Crippen LogP contribution is -2.37. The normalized spacial score (nSPS) is 24.1. The van der Waals surface area contributed by atoms with Crippen molar-refractivity contribution in [3.8, 4) is 0 Å². The second-order valence-corrected chi connectivity index (χ2v) is 7.25. The Balaban J connectivity index is 1.52. The van der Waals surface area contributed by atoms with E-state index >= 15 is 0 Å². The molecule has 0 aromatic heterocycles. The average Bonchev–Trinajstić information content (AvgIpc) is 3.33. The number of benzene rings is 1. The number of anilines is 1. The summed E-state index contributed by atoms with van der Waals surface area (Å²) in [4.78, 5) is 24.5. The molecule has 2 N–H and O–H groups in total. The summed E-state index contributed by atoms with van der Waals surface area (Å²) in [5.74, 6) is -0.643. The average molecular weight is 355 g/mol. The third-order valence-corrected chi connectivity index (χ3v) is 5.17. The van der Waals surface area contributed by atoms with Crippen LogP contribution in [0.1, 0.15) is 38.5 Å². The maximum Gasteiger partial charge on any atom is 0.228 e. The van der Waals surface area contributed by atoms with Gasteiger partial charge in [0.25, 0.3) is 0 Å². The minimum absolute atomic E-state index is 0.00856. The van der Waals surface area contributed by atoms with Crippen molar-refractivity contribution in [3.05, 3.63) is 28.2 Å². The summed E-state index contributed by atoms with van der Waals surface area (Å²) in [6.45, 7) is 0. The first-order valence-electron chi connectivity index (χ1n) is 8.11. The van der Waals surface area contributed by atoms with Gasteiger partial charge in [0.2, 0.25) is 11.8 Å². The lowest BCUT2D eigenvalue weighted by atomic mass is 9.95. The van der Waals surface area contributed by atoms with Crippen molar-refractivity contribution in [1.82, 2.24) is 5.32 Å². The smallest absolute Gasteiger partial charge is 0.228 e. The van der Waals surface area contributed by atoms with Gasteiger partial charge in [0, 0.05) is 11.1 Å². The van der Waals surface area contributed by atoms with Gasteiger partial charge in [-0.1, -0.05) is 42.5 Å². The van der Waals surface area contributed by atoms with Gasteiger partial charge in [-0.05, 0) is 37.5 Å². The van der Waals surface area contributed by atoms with Crippen LogP contribution in [0.5, 0.6) is 0 Å². The fourth-order valence-electron chi connectivity index (χ4n) is 3.15. The Bertz CT molecular complexity index is 615. The topological polar surface area (TPSA) is 58.2 Å². The summed E-state index contributed by atoms with van der Waals surface area (Å²) in [6, 6.07) is 5.20. The number of hydrogen-bond acceptors (Lipinski definition) is 2. The fourth-order valence-corrected chi connectivity index (χ4v) is 3.49. The first kappa shape index (κ1) is 16.6. The third-order valence-electron chi connectivity index (χ3n) is 4.60. The molecule has 6 heteroatoms. The second kappa shape index (κ2) is 7.10. The second-order valence-electron chi connectivity index (χ2n) is 6.41. The van der Waals surface area contributed by atoms with Crippen LogP contribution in [-0.4, -0.2) is 17.9 Å². The monoisotopic (exact) mass is 354 g/mol. The third kappa shape index (κ3) is 4.18. The zero-order chi connectivity index (χ0) is 16.4. The Hall–Kier alpha value is -1.26. The molecule has 0 bridgehead atoms. The molecule has 1 aromatic rings. The highest BCUT2D eigenvalue weighted by Gasteiger charge is 2.48. The molecule has 0 spiro atoms. The summed E-state index contributed by atoms with van der Waals surface area (Å²) in [6.07, 6.45) is 6.30. The van der Waals surface area contributed by atoms with Crippen molar-refractivity contribution >= 4 is 40.7 Å². The molecule has 2 fully saturated rings. The predicted octanol–water partition coefficient (Wildman–Crippen LogP) is 4.02. The summed E-state index contributed by atoms with van der Waals surface area (Å²) in [7, 11) is 0. The maximum absolute atomic E-state index is 12.3. The number of hydrogen-bond donors (Lipinski definition) is 2. The highest BCUT2D eigenvalue weighted by Crippen LogP contribution is 2.40. The van der Waals surface area contributed by atoms with Gasteiger partial charge in [0.05, 0.1) is 22.5 Å². The Kier molecular flexibility index (Phi) is 5.12. The van der Waals surface area contributed by atoms with Crippen LogP contribution in [0, 0.1) is 11.8 Å². The molecule has 0 heterocycles. The van der Waals surface area contributed by atoms with E-state index in [0.717, 1.165) is 12.8 Å². The highest BCUT2D eigenvalue weighted by molar-refractivity contribution is 6.35. The van der Waals surface area contributed by atoms with Crippen LogP contribution in [-0.2, 0) is 9.59 Å². The van der Waals surface area contributed by atoms with E-state index in [1.807, 2.05) is 0 Å². The van der Waals surface area contributed by atoms with Crippen LogP contribution in [0.2, 0.25) is 10.0 Å². The Morgan fingerprint density at radius 1 is 1.00 bits per heavy atom. The Morgan fingerprint density at radius 2 is 1.70 bits per heavy atom. The van der Waals surface area contributed by atoms with Gasteiger partial charge in [0.15, 0.2) is 0 Å². The van der Waals surface area contributed by atoms with Crippen LogP contribution in [0.25, 0.3) is 0 Å². The molecular formula is C17H20Cl2N2O2. The molecule has 124 valence electrons. The standard InChI is InChI=1S/C17H20Cl2N2O2/c18-10-6-7-14(19)15(8-10)21-17(23)13-9-12(13)16(22)20-11-4-2-1-3-5-11/h6-8,11-13H,1-5,9H2,(H,20,22)(H,21,23). The summed E-state index contributed by atoms with van der Waals surface area (Å²) < 4.78 is 0. The Morgan fingerprint density at radius 3 is 2.43 bits per heavy atom. The molecule has 2 atom stereocenters. The SMILES string of the molecule is O=C(Nc1cc(Cl)ccc1Cl)C1CC1C(=O)NC1CCCCC1. The van der Waals surface area contributed by atoms with Crippen LogP contribution >= 0.6 is 23.2 Å². The first-order chi connectivity index (χ1) is 11.0. The van der Waals surface area contributed by atoms with Crippen molar-refractivity contribution < 1.29 is 9.59 Å². The van der Waals surface area contributed by atoms with Crippen LogP contribution in [0.4, 0.5) is 5.69 Å². The molecule has 4 nitrogen and oxygen atoms in total. The van der Waals surface area contributed by atoms with Crippen molar-refractivity contribution in [1.29, 1.82) is 0 Å². The zero-order valence-corrected chi connectivity index (χ0v) is 14.3. The molecule has 0 aliphatic heterocycles. The number of halogens is 2. The molecule has 0 radical (unpaired) electrons. The molecule has 0 saturated heterocycles. The van der Waals surface area contributed by atoms with E-state index in [1.54, 1.807) is 18.2 Å². The number of carbonyl (C=O) groups excluding carboxylic acids is 2. The van der Waals surface area contributed by atoms with E-state index in [9.17, 15) is 9.59 Å². The molecule has 2 aliphatic carbocycles. The predicted molar refractivity (Wildman–Crippen MR) is 91.7 cm³/mol. The quantitative estimate of drug-likeness (QED) is 0.857. The number of amides is 2.